The van der Waals surface area contributed by atoms with Crippen LogP contribution in [0.5, 0.6) is 0 Å². The first kappa shape index (κ1) is 21.0. The van der Waals surface area contributed by atoms with Gasteiger partial charge in [0.15, 0.2) is 0 Å². The number of hydrogen-bond donors (Lipinski definition) is 0. The fourth-order valence-electron chi connectivity index (χ4n) is 3.92. The van der Waals surface area contributed by atoms with Crippen LogP contribution in [0, 0.1) is 10.1 Å². The fraction of sp³-hybridized carbons (Fsp3) is 0.667. The lowest BCUT2D eigenvalue weighted by atomic mass is 10.2. The lowest BCUT2D eigenvalue weighted by molar-refractivity contribution is -0.385. The van der Waals surface area contributed by atoms with Crippen LogP contribution in [0.1, 0.15) is 27.7 Å². The number of nitro benzene ring substituents is 1. The van der Waals surface area contributed by atoms with E-state index in [2.05, 4.69) is 0 Å². The van der Waals surface area contributed by atoms with Gasteiger partial charge in [-0.25, -0.2) is 8.42 Å². The molecule has 3 rings (SSSR count). The van der Waals surface area contributed by atoms with Gasteiger partial charge in [-0.2, -0.15) is 4.31 Å². The summed E-state index contributed by atoms with van der Waals surface area (Å²) in [7, 11) is -3.93. The van der Waals surface area contributed by atoms with Crippen LogP contribution >= 0.6 is 0 Å². The van der Waals surface area contributed by atoms with E-state index in [1.807, 2.05) is 32.6 Å². The summed E-state index contributed by atoms with van der Waals surface area (Å²) in [6.45, 7) is 8.94. The van der Waals surface area contributed by atoms with Crippen LogP contribution in [0.3, 0.4) is 0 Å². The third-order valence-corrected chi connectivity index (χ3v) is 6.78. The highest BCUT2D eigenvalue weighted by atomic mass is 32.2. The van der Waals surface area contributed by atoms with E-state index in [9.17, 15) is 18.5 Å². The molecule has 0 saturated carbocycles. The molecular weight excluding hydrogens is 386 g/mol. The summed E-state index contributed by atoms with van der Waals surface area (Å²) in [5, 5.41) is 11.3. The van der Waals surface area contributed by atoms with Crippen molar-refractivity contribution in [3.05, 3.63) is 28.3 Å². The Morgan fingerprint density at radius 3 is 1.96 bits per heavy atom. The van der Waals surface area contributed by atoms with Crippen molar-refractivity contribution in [1.82, 2.24) is 4.31 Å². The van der Waals surface area contributed by atoms with E-state index in [1.54, 1.807) is 0 Å². The Labute approximate surface area is 165 Å². The summed E-state index contributed by atoms with van der Waals surface area (Å²) >= 11 is 0. The number of sulfonamides is 1. The minimum Gasteiger partial charge on any atom is -0.373 e. The number of anilines is 1. The van der Waals surface area contributed by atoms with E-state index in [0.717, 1.165) is 0 Å². The number of non-ortho nitro benzene ring substituents is 1. The predicted molar refractivity (Wildman–Crippen MR) is 104 cm³/mol. The van der Waals surface area contributed by atoms with Gasteiger partial charge in [0.1, 0.15) is 4.90 Å². The Morgan fingerprint density at radius 1 is 0.964 bits per heavy atom. The second-order valence-electron chi connectivity index (χ2n) is 7.65. The third-order valence-electron chi connectivity index (χ3n) is 4.92. The SMILES string of the molecule is CC1CN(c2ccc([N+](=O)[O-])cc2S(=O)(=O)N2CC(C)OC(C)C2)CC(C)O1. The van der Waals surface area contributed by atoms with Crippen LogP contribution in [0.25, 0.3) is 0 Å². The summed E-state index contributed by atoms with van der Waals surface area (Å²) in [6.07, 6.45) is -0.635. The maximum atomic E-state index is 13.5. The quantitative estimate of drug-likeness (QED) is 0.549. The molecule has 9 nitrogen and oxygen atoms in total. The zero-order valence-corrected chi connectivity index (χ0v) is 17.4. The topological polar surface area (TPSA) is 102 Å². The summed E-state index contributed by atoms with van der Waals surface area (Å²) in [5.74, 6) is 0. The standard InChI is InChI=1S/C18H27N3O6S/c1-12-8-19(9-13(2)26-12)17-6-5-16(21(22)23)7-18(17)28(24,25)20-10-14(3)27-15(4)11-20/h5-7,12-15H,8-11H2,1-4H3. The number of nitro groups is 1. The van der Waals surface area contributed by atoms with Crippen molar-refractivity contribution in [2.24, 2.45) is 0 Å². The zero-order valence-electron chi connectivity index (χ0n) is 16.6. The van der Waals surface area contributed by atoms with Crippen molar-refractivity contribution in [3.8, 4) is 0 Å². The molecule has 0 amide bonds. The van der Waals surface area contributed by atoms with Crippen LogP contribution in [0.4, 0.5) is 11.4 Å². The van der Waals surface area contributed by atoms with Crippen LogP contribution in [0.15, 0.2) is 23.1 Å². The van der Waals surface area contributed by atoms with E-state index in [0.29, 0.717) is 18.8 Å². The van der Waals surface area contributed by atoms with Crippen molar-refractivity contribution < 1.29 is 22.8 Å². The molecule has 1 aromatic rings. The third kappa shape index (κ3) is 4.29. The summed E-state index contributed by atoms with van der Waals surface area (Å²) in [6, 6.07) is 4.05. The summed E-state index contributed by atoms with van der Waals surface area (Å²) < 4.78 is 39.7. The molecule has 2 heterocycles. The molecule has 0 aromatic heterocycles. The van der Waals surface area contributed by atoms with Gasteiger partial charge in [0, 0.05) is 38.3 Å². The normalized spacial score (nSPS) is 29.6. The minimum atomic E-state index is -3.93. The molecule has 156 valence electrons. The highest BCUT2D eigenvalue weighted by molar-refractivity contribution is 7.89. The number of nitrogens with zero attached hydrogens (tertiary/aromatic N) is 3. The second kappa shape index (κ2) is 7.94. The van der Waals surface area contributed by atoms with Gasteiger partial charge in [-0.15, -0.1) is 0 Å². The first-order valence-electron chi connectivity index (χ1n) is 9.42. The smallest absolute Gasteiger partial charge is 0.270 e. The van der Waals surface area contributed by atoms with Crippen molar-refractivity contribution in [2.75, 3.05) is 31.1 Å². The van der Waals surface area contributed by atoms with Gasteiger partial charge in [-0.3, -0.25) is 10.1 Å². The van der Waals surface area contributed by atoms with Gasteiger partial charge >= 0.3 is 0 Å². The number of ether oxygens (including phenoxy) is 2. The van der Waals surface area contributed by atoms with Crippen LogP contribution in [0.2, 0.25) is 0 Å². The fourth-order valence-corrected chi connectivity index (χ4v) is 5.75. The van der Waals surface area contributed by atoms with E-state index in [1.165, 1.54) is 22.5 Å². The van der Waals surface area contributed by atoms with E-state index < -0.39 is 14.9 Å². The van der Waals surface area contributed by atoms with E-state index >= 15 is 0 Å². The summed E-state index contributed by atoms with van der Waals surface area (Å²) in [5.41, 5.74) is 0.227. The molecule has 2 fully saturated rings. The largest absolute Gasteiger partial charge is 0.373 e. The highest BCUT2D eigenvalue weighted by Crippen LogP contribution is 2.34. The molecule has 0 N–H and O–H groups in total. The monoisotopic (exact) mass is 413 g/mol. The van der Waals surface area contributed by atoms with Gasteiger partial charge in [-0.05, 0) is 33.8 Å². The number of morpholine rings is 2. The molecule has 4 atom stereocenters. The molecule has 1 aromatic carbocycles. The Kier molecular flexibility index (Phi) is 5.95. The van der Waals surface area contributed by atoms with Gasteiger partial charge in [0.05, 0.1) is 35.0 Å². The minimum absolute atomic E-state index is 0.0377. The Morgan fingerprint density at radius 2 is 1.46 bits per heavy atom. The molecule has 2 saturated heterocycles. The number of rotatable bonds is 4. The average Bonchev–Trinajstić information content (AvgIpc) is 2.59. The Hall–Kier alpha value is -1.75. The lowest BCUT2D eigenvalue weighted by Crippen LogP contribution is -2.49. The molecule has 2 aliphatic rings. The molecule has 10 heteroatoms. The molecule has 0 spiro atoms. The maximum absolute atomic E-state index is 13.5. The van der Waals surface area contributed by atoms with Crippen LogP contribution in [-0.2, 0) is 19.5 Å². The Balaban J connectivity index is 2.06. The van der Waals surface area contributed by atoms with Gasteiger partial charge in [0.25, 0.3) is 5.69 Å². The van der Waals surface area contributed by atoms with Crippen LogP contribution in [-0.4, -0.2) is 68.2 Å². The van der Waals surface area contributed by atoms with Crippen molar-refractivity contribution in [3.63, 3.8) is 0 Å². The molecule has 4 unspecified atom stereocenters. The first-order valence-corrected chi connectivity index (χ1v) is 10.9. The molecule has 0 bridgehead atoms. The highest BCUT2D eigenvalue weighted by Gasteiger charge is 2.36. The number of benzene rings is 1. The second-order valence-corrected chi connectivity index (χ2v) is 9.56. The molecule has 28 heavy (non-hydrogen) atoms. The molecule has 0 aliphatic carbocycles. The Bertz CT molecular complexity index is 826. The maximum Gasteiger partial charge on any atom is 0.270 e. The van der Waals surface area contributed by atoms with Crippen LogP contribution < -0.4 is 4.90 Å². The summed E-state index contributed by atoms with van der Waals surface area (Å²) in [4.78, 5) is 12.6. The van der Waals surface area contributed by atoms with Crippen molar-refractivity contribution in [2.45, 2.75) is 57.0 Å². The van der Waals surface area contributed by atoms with Gasteiger partial charge in [0.2, 0.25) is 10.0 Å². The zero-order chi connectivity index (χ0) is 20.6. The number of hydrogen-bond acceptors (Lipinski definition) is 7. The average molecular weight is 413 g/mol. The first-order chi connectivity index (χ1) is 13.1. The van der Waals surface area contributed by atoms with Crippen molar-refractivity contribution >= 4 is 21.4 Å². The van der Waals surface area contributed by atoms with Gasteiger partial charge < -0.3 is 14.4 Å². The van der Waals surface area contributed by atoms with Gasteiger partial charge in [-0.1, -0.05) is 0 Å². The lowest BCUT2D eigenvalue weighted by Gasteiger charge is -2.39. The van der Waals surface area contributed by atoms with E-state index in [4.69, 9.17) is 9.47 Å². The van der Waals surface area contributed by atoms with E-state index in [-0.39, 0.29) is 48.1 Å². The van der Waals surface area contributed by atoms with Crippen molar-refractivity contribution in [1.29, 1.82) is 0 Å². The molecule has 0 radical (unpaired) electrons. The molecular formula is C18H27N3O6S. The molecule has 2 aliphatic heterocycles. The predicted octanol–water partition coefficient (Wildman–Crippen LogP) is 2.01.